The Morgan fingerprint density at radius 1 is 0.459 bits per heavy atom. The van der Waals surface area contributed by atoms with Crippen molar-refractivity contribution in [1.29, 1.82) is 0 Å². The molecule has 0 aliphatic rings. The van der Waals surface area contributed by atoms with Gasteiger partial charge in [0.15, 0.2) is 0 Å². The molecule has 5 aromatic carbocycles. The third-order valence-corrected chi connectivity index (χ3v) is 6.82. The maximum absolute atomic E-state index is 3.75. The molecule has 0 fully saturated rings. The molecule has 0 aliphatic carbocycles. The molecule has 6 aromatic rings. The monoisotopic (exact) mass is 473 g/mol. The van der Waals surface area contributed by atoms with E-state index in [1.54, 1.807) is 6.08 Å². The maximum atomic E-state index is 3.75. The highest BCUT2D eigenvalue weighted by Crippen LogP contribution is 2.36. The molecule has 1 aromatic heterocycles. The number of nitrogens with zero attached hydrogens (tertiary/aromatic N) is 1. The van der Waals surface area contributed by atoms with Crippen molar-refractivity contribution >= 4 is 28.0 Å². The highest BCUT2D eigenvalue weighted by Gasteiger charge is 2.12. The summed E-state index contributed by atoms with van der Waals surface area (Å²) in [4.78, 5) is 0. The summed E-state index contributed by atoms with van der Waals surface area (Å²) in [5, 5.41) is 2.50. The van der Waals surface area contributed by atoms with E-state index in [1.807, 2.05) is 12.2 Å². The largest absolute Gasteiger partial charge is 0.316 e. The first-order valence-electron chi connectivity index (χ1n) is 12.6. The molecule has 37 heavy (non-hydrogen) atoms. The van der Waals surface area contributed by atoms with Crippen LogP contribution in [0.5, 0.6) is 0 Å². The number of allylic oxidation sites excluding steroid dienone is 4. The van der Waals surface area contributed by atoms with Gasteiger partial charge in [-0.15, -0.1) is 0 Å². The molecule has 0 atom stereocenters. The molecule has 0 saturated heterocycles. The first-order chi connectivity index (χ1) is 18.3. The lowest BCUT2D eigenvalue weighted by Crippen LogP contribution is -1.87. The van der Waals surface area contributed by atoms with Gasteiger partial charge in [0.2, 0.25) is 0 Å². The zero-order chi connectivity index (χ0) is 25.0. The summed E-state index contributed by atoms with van der Waals surface area (Å²) in [5.41, 5.74) is 9.75. The number of aromatic nitrogens is 1. The van der Waals surface area contributed by atoms with Gasteiger partial charge in [0.25, 0.3) is 0 Å². The average molecular weight is 474 g/mol. The average Bonchev–Trinajstić information content (AvgIpc) is 3.29. The molecule has 176 valence electrons. The fraction of sp³-hybridized carbons (Fsp3) is 0. The lowest BCUT2D eigenvalue weighted by molar-refractivity contribution is 1.29. The van der Waals surface area contributed by atoms with E-state index in [4.69, 9.17) is 0 Å². The molecule has 0 bridgehead atoms. The maximum Gasteiger partial charge on any atom is 0.0535 e. The van der Waals surface area contributed by atoms with E-state index in [9.17, 15) is 0 Å². The quantitative estimate of drug-likeness (QED) is 0.212. The molecule has 0 radical (unpaired) electrons. The molecule has 1 heteroatoms. The van der Waals surface area contributed by atoms with E-state index >= 15 is 0 Å². The summed E-state index contributed by atoms with van der Waals surface area (Å²) in [6.07, 6.45) is 9.89. The topological polar surface area (TPSA) is 4.93 Å². The number of benzene rings is 5. The van der Waals surface area contributed by atoms with Crippen molar-refractivity contribution < 1.29 is 0 Å². The molecule has 1 nitrogen and oxygen atoms in total. The van der Waals surface area contributed by atoms with Gasteiger partial charge < -0.3 is 4.57 Å². The number of para-hydroxylation sites is 1. The Bertz CT molecular complexity index is 1780. The van der Waals surface area contributed by atoms with Crippen molar-refractivity contribution in [1.82, 2.24) is 4.57 Å². The van der Waals surface area contributed by atoms with Crippen molar-refractivity contribution in [3.05, 3.63) is 152 Å². The van der Waals surface area contributed by atoms with Crippen LogP contribution in [0.25, 0.3) is 61.4 Å². The van der Waals surface area contributed by atoms with Gasteiger partial charge in [0.05, 0.1) is 11.0 Å². The second kappa shape index (κ2) is 10.0. The van der Waals surface area contributed by atoms with Crippen molar-refractivity contribution in [2.45, 2.75) is 0 Å². The molecule has 0 aliphatic heterocycles. The summed E-state index contributed by atoms with van der Waals surface area (Å²) < 4.78 is 2.26. The zero-order valence-corrected chi connectivity index (χ0v) is 20.6. The van der Waals surface area contributed by atoms with Crippen LogP contribution < -0.4 is 0 Å². The van der Waals surface area contributed by atoms with Gasteiger partial charge in [0.1, 0.15) is 0 Å². The van der Waals surface area contributed by atoms with Crippen LogP contribution in [0.2, 0.25) is 0 Å². The lowest BCUT2D eigenvalue weighted by atomic mass is 9.92. The van der Waals surface area contributed by atoms with Crippen LogP contribution in [0.1, 0.15) is 0 Å². The van der Waals surface area contributed by atoms with Gasteiger partial charge in [-0.05, 0) is 63.7 Å². The smallest absolute Gasteiger partial charge is 0.0535 e. The molecule has 0 saturated carbocycles. The Hall–Kier alpha value is -4.88. The van der Waals surface area contributed by atoms with Gasteiger partial charge in [-0.2, -0.15) is 0 Å². The van der Waals surface area contributed by atoms with Gasteiger partial charge >= 0.3 is 0 Å². The van der Waals surface area contributed by atoms with Crippen molar-refractivity contribution in [3.8, 4) is 33.4 Å². The third kappa shape index (κ3) is 4.32. The summed E-state index contributed by atoms with van der Waals surface area (Å²) in [6, 6.07) is 43.5. The van der Waals surface area contributed by atoms with Gasteiger partial charge in [-0.1, -0.05) is 122 Å². The fourth-order valence-electron chi connectivity index (χ4n) is 5.09. The van der Waals surface area contributed by atoms with Gasteiger partial charge in [0, 0.05) is 17.0 Å². The standard InChI is InChI=1S/C36H27N/c1-2-3-4-12-24-37-35-21-11-10-20-33(35)34-26-29(22-23-36(34)37)28-16-13-17-30(25-28)32-19-9-8-18-31(32)27-14-6-5-7-15-27/h2-26H,1H2/b4-3-,24-12-. The van der Waals surface area contributed by atoms with E-state index in [0.717, 1.165) is 0 Å². The molecular formula is C36H27N. The van der Waals surface area contributed by atoms with Crippen LogP contribution in [-0.4, -0.2) is 4.57 Å². The predicted molar refractivity (Wildman–Crippen MR) is 160 cm³/mol. The zero-order valence-electron chi connectivity index (χ0n) is 20.6. The second-order valence-electron chi connectivity index (χ2n) is 9.07. The highest BCUT2D eigenvalue weighted by molar-refractivity contribution is 6.10. The van der Waals surface area contributed by atoms with Crippen molar-refractivity contribution in [2.75, 3.05) is 0 Å². The van der Waals surface area contributed by atoms with E-state index in [0.29, 0.717) is 0 Å². The first-order valence-corrected chi connectivity index (χ1v) is 12.6. The summed E-state index contributed by atoms with van der Waals surface area (Å²) in [6.45, 7) is 3.75. The normalized spacial score (nSPS) is 11.7. The fourth-order valence-corrected chi connectivity index (χ4v) is 5.09. The Morgan fingerprint density at radius 3 is 1.95 bits per heavy atom. The Labute approximate surface area is 218 Å². The van der Waals surface area contributed by atoms with Crippen LogP contribution in [0.4, 0.5) is 0 Å². The first kappa shape index (κ1) is 22.6. The van der Waals surface area contributed by atoms with Crippen LogP contribution in [0, 0.1) is 0 Å². The minimum absolute atomic E-state index is 1.19. The molecule has 6 rings (SSSR count). The lowest BCUT2D eigenvalue weighted by Gasteiger charge is -2.12. The predicted octanol–water partition coefficient (Wildman–Crippen LogP) is 10.0. The van der Waals surface area contributed by atoms with E-state index in [2.05, 4.69) is 145 Å². The van der Waals surface area contributed by atoms with E-state index in [-0.39, 0.29) is 0 Å². The minimum Gasteiger partial charge on any atom is -0.316 e. The highest BCUT2D eigenvalue weighted by atomic mass is 14.9. The molecule has 0 amide bonds. The number of rotatable bonds is 6. The summed E-state index contributed by atoms with van der Waals surface area (Å²) in [7, 11) is 0. The van der Waals surface area contributed by atoms with Crippen LogP contribution in [-0.2, 0) is 0 Å². The Balaban J connectivity index is 1.46. The third-order valence-electron chi connectivity index (χ3n) is 6.82. The molecule has 0 spiro atoms. The minimum atomic E-state index is 1.19. The van der Waals surface area contributed by atoms with Crippen LogP contribution >= 0.6 is 0 Å². The molecule has 0 unspecified atom stereocenters. The van der Waals surface area contributed by atoms with E-state index in [1.165, 1.54) is 55.2 Å². The Kier molecular flexibility index (Phi) is 6.10. The van der Waals surface area contributed by atoms with E-state index < -0.39 is 0 Å². The number of fused-ring (bicyclic) bond motifs is 3. The molecule has 0 N–H and O–H groups in total. The SMILES string of the molecule is C=C/C=C\C=C/n1c2ccccc2c2cc(-c3cccc(-c4ccccc4-c4ccccc4)c3)ccc21. The Morgan fingerprint density at radius 2 is 1.11 bits per heavy atom. The van der Waals surface area contributed by atoms with Crippen molar-refractivity contribution in [3.63, 3.8) is 0 Å². The number of hydrogen-bond donors (Lipinski definition) is 0. The van der Waals surface area contributed by atoms with Crippen LogP contribution in [0.15, 0.2) is 152 Å². The summed E-state index contributed by atoms with van der Waals surface area (Å²) >= 11 is 0. The van der Waals surface area contributed by atoms with Crippen molar-refractivity contribution in [2.24, 2.45) is 0 Å². The van der Waals surface area contributed by atoms with Gasteiger partial charge in [-0.3, -0.25) is 0 Å². The molecular weight excluding hydrogens is 446 g/mol. The summed E-state index contributed by atoms with van der Waals surface area (Å²) in [5.74, 6) is 0. The number of hydrogen-bond acceptors (Lipinski definition) is 0. The van der Waals surface area contributed by atoms with Gasteiger partial charge in [-0.25, -0.2) is 0 Å². The molecule has 1 heterocycles. The second-order valence-corrected chi connectivity index (χ2v) is 9.07. The van der Waals surface area contributed by atoms with Crippen LogP contribution in [0.3, 0.4) is 0 Å².